The smallest absolute Gasteiger partial charge is 0.304 e. The first-order valence-electron chi connectivity index (χ1n) is 9.85. The number of nitrogens with zero attached hydrogens (tertiary/aromatic N) is 1. The summed E-state index contributed by atoms with van der Waals surface area (Å²) < 4.78 is -0.0183. The summed E-state index contributed by atoms with van der Waals surface area (Å²) in [5, 5.41) is 19.6. The van der Waals surface area contributed by atoms with Gasteiger partial charge in [-0.25, -0.2) is 0 Å². The molecule has 2 aromatic carbocycles. The molecule has 0 spiro atoms. The van der Waals surface area contributed by atoms with Gasteiger partial charge in [0.05, 0.1) is 28.6 Å². The molecule has 168 valence electrons. The molecule has 0 bridgehead atoms. The van der Waals surface area contributed by atoms with Gasteiger partial charge in [0.2, 0.25) is 0 Å². The van der Waals surface area contributed by atoms with E-state index in [2.05, 4.69) is 6.07 Å². The van der Waals surface area contributed by atoms with Gasteiger partial charge < -0.3 is 10.2 Å². The molecular formula is C23H22ClNO4S3. The average molecular weight is 508 g/mol. The number of aromatic nitrogens is 1. The Morgan fingerprint density at radius 3 is 2.31 bits per heavy atom. The Hall–Kier alpha value is -1.87. The number of hydrogen-bond donors (Lipinski definition) is 2. The van der Waals surface area contributed by atoms with Gasteiger partial charge in [-0.1, -0.05) is 35.9 Å². The topological polar surface area (TPSA) is 87.5 Å². The number of pyridine rings is 1. The molecule has 0 saturated carbocycles. The predicted molar refractivity (Wildman–Crippen MR) is 135 cm³/mol. The van der Waals surface area contributed by atoms with Crippen molar-refractivity contribution in [3.8, 4) is 0 Å². The molecule has 0 atom stereocenters. The Morgan fingerprint density at radius 2 is 1.62 bits per heavy atom. The highest BCUT2D eigenvalue weighted by molar-refractivity contribution is 8.16. The molecule has 0 fully saturated rings. The lowest BCUT2D eigenvalue weighted by molar-refractivity contribution is -0.137. The van der Waals surface area contributed by atoms with E-state index >= 15 is 0 Å². The van der Waals surface area contributed by atoms with Crippen LogP contribution in [0, 0.1) is 0 Å². The minimum Gasteiger partial charge on any atom is -0.481 e. The number of halogens is 1. The third-order valence-electron chi connectivity index (χ3n) is 4.40. The van der Waals surface area contributed by atoms with Gasteiger partial charge in [0.15, 0.2) is 0 Å². The molecule has 2 N–H and O–H groups in total. The molecule has 0 aliphatic rings. The summed E-state index contributed by atoms with van der Waals surface area (Å²) in [6.07, 6.45) is 0.152. The van der Waals surface area contributed by atoms with Crippen molar-refractivity contribution in [3.05, 3.63) is 70.9 Å². The largest absolute Gasteiger partial charge is 0.481 e. The second-order valence-corrected chi connectivity index (χ2v) is 11.1. The molecule has 0 unspecified atom stereocenters. The van der Waals surface area contributed by atoms with Gasteiger partial charge in [0.25, 0.3) is 0 Å². The van der Waals surface area contributed by atoms with Crippen LogP contribution in [-0.4, -0.2) is 38.6 Å². The Labute approximate surface area is 204 Å². The summed E-state index contributed by atoms with van der Waals surface area (Å²) >= 11 is 10.8. The Balaban J connectivity index is 1.67. The van der Waals surface area contributed by atoms with E-state index < -0.39 is 11.9 Å². The van der Waals surface area contributed by atoms with Gasteiger partial charge in [-0.15, -0.1) is 35.3 Å². The lowest BCUT2D eigenvalue weighted by atomic mass is 10.2. The minimum atomic E-state index is -0.833. The predicted octanol–water partition coefficient (Wildman–Crippen LogP) is 6.59. The van der Waals surface area contributed by atoms with Crippen molar-refractivity contribution in [2.75, 3.05) is 11.5 Å². The van der Waals surface area contributed by atoms with E-state index in [1.807, 2.05) is 48.5 Å². The van der Waals surface area contributed by atoms with Crippen LogP contribution in [-0.2, 0) is 15.3 Å². The van der Waals surface area contributed by atoms with Crippen LogP contribution in [0.3, 0.4) is 0 Å². The van der Waals surface area contributed by atoms with Crippen molar-refractivity contribution >= 4 is 69.7 Å². The third-order valence-corrected chi connectivity index (χ3v) is 8.51. The first-order valence-corrected chi connectivity index (χ1v) is 13.3. The number of benzene rings is 2. The molecule has 5 nitrogen and oxygen atoms in total. The maximum atomic E-state index is 10.9. The normalized spacial score (nSPS) is 11.2. The zero-order chi connectivity index (χ0) is 22.9. The molecule has 0 radical (unpaired) electrons. The van der Waals surface area contributed by atoms with Crippen LogP contribution >= 0.6 is 46.9 Å². The van der Waals surface area contributed by atoms with Gasteiger partial charge in [0, 0.05) is 32.6 Å². The van der Waals surface area contributed by atoms with Crippen molar-refractivity contribution in [1.82, 2.24) is 4.98 Å². The summed E-state index contributed by atoms with van der Waals surface area (Å²) in [6, 6.07) is 17.8. The highest BCUT2D eigenvalue weighted by atomic mass is 35.5. The van der Waals surface area contributed by atoms with E-state index in [-0.39, 0.29) is 17.4 Å². The van der Waals surface area contributed by atoms with E-state index in [9.17, 15) is 9.59 Å². The molecule has 0 aliphatic carbocycles. The Kier molecular flexibility index (Phi) is 9.59. The number of carbonyl (C=O) groups is 2. The van der Waals surface area contributed by atoms with Crippen LogP contribution in [0.1, 0.15) is 28.7 Å². The lowest BCUT2D eigenvalue weighted by Crippen LogP contribution is -2.01. The first-order chi connectivity index (χ1) is 15.4. The summed E-state index contributed by atoms with van der Waals surface area (Å²) in [5.74, 6) is -0.0165. The Morgan fingerprint density at radius 1 is 0.938 bits per heavy atom. The zero-order valence-electron chi connectivity index (χ0n) is 17.1. The van der Waals surface area contributed by atoms with Crippen molar-refractivity contribution in [1.29, 1.82) is 0 Å². The molecule has 0 amide bonds. The number of carboxylic acids is 2. The van der Waals surface area contributed by atoms with Crippen LogP contribution in [0.25, 0.3) is 10.9 Å². The van der Waals surface area contributed by atoms with Gasteiger partial charge >= 0.3 is 11.9 Å². The standard InChI is InChI=1S/C23H22ClNO4S3/c24-17-6-4-15-5-7-18(25-20(15)13-17)14-32-19-3-1-2-16(12-19)23(30-10-8-21(26)27)31-11-9-22(28)29/h1-7,12-13,23H,8-11,14H2,(H,26,27)(H,28,29). The third kappa shape index (κ3) is 7.92. The van der Waals surface area contributed by atoms with E-state index in [4.69, 9.17) is 26.8 Å². The number of fused-ring (bicyclic) bond motifs is 1. The molecule has 3 aromatic rings. The van der Waals surface area contributed by atoms with Gasteiger partial charge in [-0.3, -0.25) is 14.6 Å². The van der Waals surface area contributed by atoms with Crippen LogP contribution in [0.15, 0.2) is 59.5 Å². The van der Waals surface area contributed by atoms with Crippen molar-refractivity contribution < 1.29 is 19.8 Å². The van der Waals surface area contributed by atoms with E-state index in [0.29, 0.717) is 22.3 Å². The summed E-state index contributed by atoms with van der Waals surface area (Å²) in [5.41, 5.74) is 2.88. The monoisotopic (exact) mass is 507 g/mol. The molecule has 32 heavy (non-hydrogen) atoms. The summed E-state index contributed by atoms with van der Waals surface area (Å²) in [4.78, 5) is 27.5. The number of thioether (sulfide) groups is 3. The van der Waals surface area contributed by atoms with Gasteiger partial charge in [-0.05, 0) is 35.9 Å². The Bertz CT molecular complexity index is 1080. The number of rotatable bonds is 12. The highest BCUT2D eigenvalue weighted by Crippen LogP contribution is 2.41. The maximum absolute atomic E-state index is 10.9. The minimum absolute atomic E-state index is 0.0183. The number of aliphatic carboxylic acids is 2. The van der Waals surface area contributed by atoms with Crippen molar-refractivity contribution in [2.24, 2.45) is 0 Å². The molecule has 1 aromatic heterocycles. The lowest BCUT2D eigenvalue weighted by Gasteiger charge is -2.17. The average Bonchev–Trinajstić information content (AvgIpc) is 2.76. The summed E-state index contributed by atoms with van der Waals surface area (Å²) in [6.45, 7) is 0. The van der Waals surface area contributed by atoms with Crippen LogP contribution in [0.2, 0.25) is 5.02 Å². The fraction of sp³-hybridized carbons (Fsp3) is 0.261. The van der Waals surface area contributed by atoms with Crippen molar-refractivity contribution in [3.63, 3.8) is 0 Å². The maximum Gasteiger partial charge on any atom is 0.304 e. The molecular weight excluding hydrogens is 486 g/mol. The summed E-state index contributed by atoms with van der Waals surface area (Å²) in [7, 11) is 0. The fourth-order valence-corrected chi connectivity index (χ4v) is 6.56. The second kappa shape index (κ2) is 12.4. The van der Waals surface area contributed by atoms with Crippen molar-refractivity contribution in [2.45, 2.75) is 28.1 Å². The molecule has 3 rings (SSSR count). The van der Waals surface area contributed by atoms with Crippen LogP contribution in [0.4, 0.5) is 0 Å². The molecule has 1 heterocycles. The van der Waals surface area contributed by atoms with Crippen LogP contribution < -0.4 is 0 Å². The molecule has 0 saturated heterocycles. The van der Waals surface area contributed by atoms with E-state index in [0.717, 1.165) is 27.1 Å². The highest BCUT2D eigenvalue weighted by Gasteiger charge is 2.15. The number of hydrogen-bond acceptors (Lipinski definition) is 6. The number of carboxylic acid groups (broad SMARTS) is 2. The van der Waals surface area contributed by atoms with Gasteiger partial charge in [-0.2, -0.15) is 0 Å². The fourth-order valence-electron chi connectivity index (χ4n) is 2.87. The quantitative estimate of drug-likeness (QED) is 0.209. The zero-order valence-corrected chi connectivity index (χ0v) is 20.3. The second-order valence-electron chi connectivity index (χ2n) is 6.86. The van der Waals surface area contributed by atoms with E-state index in [1.54, 1.807) is 11.8 Å². The molecule has 0 aliphatic heterocycles. The van der Waals surface area contributed by atoms with Crippen LogP contribution in [0.5, 0.6) is 0 Å². The SMILES string of the molecule is O=C(O)CCSC(SCCC(=O)O)c1cccc(SCc2ccc3ccc(Cl)cc3n2)c1. The first kappa shape index (κ1) is 24.8. The molecule has 9 heteroatoms. The van der Waals surface area contributed by atoms with E-state index in [1.165, 1.54) is 23.5 Å². The van der Waals surface area contributed by atoms with Gasteiger partial charge in [0.1, 0.15) is 0 Å².